The van der Waals surface area contributed by atoms with Crippen molar-refractivity contribution in [3.8, 4) is 0 Å². The van der Waals surface area contributed by atoms with Crippen LogP contribution in [0.15, 0.2) is 54.3 Å². The molecule has 1 fully saturated rings. The lowest BCUT2D eigenvalue weighted by molar-refractivity contribution is -0.111. The molecule has 0 bridgehead atoms. The number of allylic oxidation sites excluding steroid dienone is 1. The van der Waals surface area contributed by atoms with Gasteiger partial charge >= 0.3 is 0 Å². The number of carbonyl (C=O) groups excluding carboxylic acids is 2. The number of aliphatic hydroxyl groups excluding tert-OH is 1. The zero-order chi connectivity index (χ0) is 24.0. The van der Waals surface area contributed by atoms with Crippen LogP contribution in [-0.4, -0.2) is 47.6 Å². The molecule has 7 nitrogen and oxygen atoms in total. The smallest absolute Gasteiger partial charge is 0.260 e. The molecule has 0 radical (unpaired) electrons. The minimum Gasteiger partial charge on any atom is -0.482 e. The summed E-state index contributed by atoms with van der Waals surface area (Å²) in [6, 6.07) is 12.8. The minimum atomic E-state index is -1.08. The van der Waals surface area contributed by atoms with Crippen LogP contribution in [0.3, 0.4) is 0 Å². The first kappa shape index (κ1) is 22.4. The van der Waals surface area contributed by atoms with Crippen LogP contribution in [0.25, 0.3) is 11.1 Å². The van der Waals surface area contributed by atoms with E-state index in [-0.39, 0.29) is 11.8 Å². The third kappa shape index (κ3) is 3.81. The van der Waals surface area contributed by atoms with Crippen molar-refractivity contribution in [2.24, 2.45) is 0 Å². The fraction of sp³-hybridized carbons (Fsp3) is 0.333. The predicted molar refractivity (Wildman–Crippen MR) is 129 cm³/mol. The van der Waals surface area contributed by atoms with E-state index in [1.165, 1.54) is 7.11 Å². The highest BCUT2D eigenvalue weighted by molar-refractivity contribution is 6.32. The molecule has 0 aliphatic carbocycles. The fourth-order valence-corrected chi connectivity index (χ4v) is 4.83. The Bertz CT molecular complexity index is 1220. The van der Waals surface area contributed by atoms with Crippen LogP contribution in [0.2, 0.25) is 0 Å². The van der Waals surface area contributed by atoms with Crippen molar-refractivity contribution in [3.63, 3.8) is 0 Å². The average molecular weight is 461 g/mol. The predicted octanol–water partition coefficient (Wildman–Crippen LogP) is 4.12. The summed E-state index contributed by atoms with van der Waals surface area (Å²) in [5.41, 5.74) is 4.15. The van der Waals surface area contributed by atoms with Crippen molar-refractivity contribution in [1.29, 1.82) is 0 Å². The molecule has 3 aliphatic heterocycles. The van der Waals surface area contributed by atoms with Gasteiger partial charge in [0.15, 0.2) is 6.29 Å². The third-order valence-electron chi connectivity index (χ3n) is 6.67. The Morgan fingerprint density at radius 1 is 1.15 bits per heavy atom. The first-order chi connectivity index (χ1) is 16.3. The molecule has 1 saturated heterocycles. The van der Waals surface area contributed by atoms with Crippen LogP contribution in [0.4, 0.5) is 5.69 Å². The van der Waals surface area contributed by atoms with Gasteiger partial charge < -0.3 is 24.8 Å². The molecule has 2 amide bonds. The standard InChI is InChI=1S/C27H28N2O5/c1-27(2)20(16-6-8-17(9-7-16)25(31)29-12-4-5-13-29)15-22(34-27)23-19-14-18(26(32)33-3)10-11-21(19)28-24(23)30/h6-11,14-15,26,32H,4-5,12-13H2,1-3H3,(H,28,30)/b23-22+. The second kappa shape index (κ2) is 8.42. The van der Waals surface area contributed by atoms with Gasteiger partial charge in [0.05, 0.1) is 5.57 Å². The maximum Gasteiger partial charge on any atom is 0.260 e. The van der Waals surface area contributed by atoms with E-state index in [1.807, 2.05) is 49.1 Å². The van der Waals surface area contributed by atoms with Crippen molar-refractivity contribution < 1.29 is 24.2 Å². The number of fused-ring (bicyclic) bond motifs is 1. The summed E-state index contributed by atoms with van der Waals surface area (Å²) >= 11 is 0. The van der Waals surface area contributed by atoms with Crippen LogP contribution in [0.5, 0.6) is 0 Å². The Morgan fingerprint density at radius 2 is 1.85 bits per heavy atom. The first-order valence-corrected chi connectivity index (χ1v) is 11.5. The summed E-state index contributed by atoms with van der Waals surface area (Å²) < 4.78 is 11.3. The highest BCUT2D eigenvalue weighted by Gasteiger charge is 2.38. The Kier molecular flexibility index (Phi) is 5.54. The monoisotopic (exact) mass is 460 g/mol. The maximum absolute atomic E-state index is 12.9. The molecule has 7 heteroatoms. The van der Waals surface area contributed by atoms with Gasteiger partial charge in [-0.05, 0) is 62.6 Å². The molecule has 2 aromatic rings. The van der Waals surface area contributed by atoms with Gasteiger partial charge in [-0.15, -0.1) is 0 Å². The molecule has 3 heterocycles. The molecule has 0 aromatic heterocycles. The summed E-state index contributed by atoms with van der Waals surface area (Å²) in [6.07, 6.45) is 2.92. The second-order valence-corrected chi connectivity index (χ2v) is 9.33. The van der Waals surface area contributed by atoms with Gasteiger partial charge in [-0.25, -0.2) is 0 Å². The number of rotatable bonds is 4. The first-order valence-electron chi connectivity index (χ1n) is 11.5. The molecule has 1 atom stereocenters. The van der Waals surface area contributed by atoms with Crippen molar-refractivity contribution in [2.75, 3.05) is 25.5 Å². The number of anilines is 1. The normalized spacial score (nSPS) is 21.7. The zero-order valence-corrected chi connectivity index (χ0v) is 19.6. The number of hydrogen-bond acceptors (Lipinski definition) is 5. The van der Waals surface area contributed by atoms with Gasteiger partial charge in [0.1, 0.15) is 11.4 Å². The SMILES string of the molecule is COC(O)c1ccc2c(c1)/C(=C1/C=C(c3ccc(C(=O)N4CCCC4)cc3)C(C)(C)O1)C(=O)N2. The van der Waals surface area contributed by atoms with E-state index in [1.54, 1.807) is 18.2 Å². The lowest BCUT2D eigenvalue weighted by Crippen LogP contribution is -2.27. The lowest BCUT2D eigenvalue weighted by Gasteiger charge is -2.24. The maximum atomic E-state index is 12.9. The summed E-state index contributed by atoms with van der Waals surface area (Å²) in [7, 11) is 1.42. The van der Waals surface area contributed by atoms with Crippen LogP contribution in [0.1, 0.15) is 60.0 Å². The molecule has 1 unspecified atom stereocenters. The molecule has 0 spiro atoms. The van der Waals surface area contributed by atoms with Crippen LogP contribution in [-0.2, 0) is 14.3 Å². The van der Waals surface area contributed by atoms with E-state index in [4.69, 9.17) is 9.47 Å². The van der Waals surface area contributed by atoms with Crippen molar-refractivity contribution >= 4 is 28.6 Å². The highest BCUT2D eigenvalue weighted by atomic mass is 16.6. The number of likely N-dealkylation sites (tertiary alicyclic amines) is 1. The Labute approximate surface area is 198 Å². The second-order valence-electron chi connectivity index (χ2n) is 9.33. The van der Waals surface area contributed by atoms with Crippen molar-refractivity contribution in [3.05, 3.63) is 76.6 Å². The largest absolute Gasteiger partial charge is 0.482 e. The van der Waals surface area contributed by atoms with E-state index in [0.29, 0.717) is 33.7 Å². The van der Waals surface area contributed by atoms with E-state index >= 15 is 0 Å². The van der Waals surface area contributed by atoms with Gasteiger partial charge in [-0.1, -0.05) is 18.2 Å². The van der Waals surface area contributed by atoms with Crippen LogP contribution >= 0.6 is 0 Å². The quantitative estimate of drug-likeness (QED) is 0.530. The molecular weight excluding hydrogens is 432 g/mol. The highest BCUT2D eigenvalue weighted by Crippen LogP contribution is 2.44. The van der Waals surface area contributed by atoms with Gasteiger partial charge in [0.2, 0.25) is 0 Å². The van der Waals surface area contributed by atoms with Gasteiger partial charge in [-0.3, -0.25) is 9.59 Å². The number of ether oxygens (including phenoxy) is 2. The number of aliphatic hydroxyl groups is 1. The Morgan fingerprint density at radius 3 is 2.53 bits per heavy atom. The summed E-state index contributed by atoms with van der Waals surface area (Å²) in [5, 5.41) is 12.9. The number of nitrogens with zero attached hydrogens (tertiary/aromatic N) is 1. The molecule has 2 N–H and O–H groups in total. The van der Waals surface area contributed by atoms with Crippen molar-refractivity contribution in [2.45, 2.75) is 38.6 Å². The summed E-state index contributed by atoms with van der Waals surface area (Å²) in [5.74, 6) is 0.280. The minimum absolute atomic E-state index is 0.0658. The average Bonchev–Trinajstić information content (AvgIpc) is 3.54. The molecule has 3 aliphatic rings. The number of methoxy groups -OCH3 is 1. The van der Waals surface area contributed by atoms with E-state index in [2.05, 4.69) is 5.32 Å². The Balaban J connectivity index is 1.50. The fourth-order valence-electron chi connectivity index (χ4n) is 4.83. The van der Waals surface area contributed by atoms with E-state index in [9.17, 15) is 14.7 Å². The number of nitrogens with one attached hydrogen (secondary N) is 1. The topological polar surface area (TPSA) is 88.1 Å². The van der Waals surface area contributed by atoms with E-state index in [0.717, 1.165) is 37.1 Å². The molecule has 34 heavy (non-hydrogen) atoms. The van der Waals surface area contributed by atoms with Crippen molar-refractivity contribution in [1.82, 2.24) is 4.90 Å². The number of carbonyl (C=O) groups is 2. The van der Waals surface area contributed by atoms with Gasteiger partial charge in [-0.2, -0.15) is 0 Å². The van der Waals surface area contributed by atoms with Gasteiger partial charge in [0, 0.05) is 48.2 Å². The van der Waals surface area contributed by atoms with E-state index < -0.39 is 11.9 Å². The zero-order valence-electron chi connectivity index (χ0n) is 19.6. The lowest BCUT2D eigenvalue weighted by atomic mass is 9.91. The number of hydrogen-bond donors (Lipinski definition) is 2. The van der Waals surface area contributed by atoms with Crippen LogP contribution in [0, 0.1) is 0 Å². The van der Waals surface area contributed by atoms with Crippen LogP contribution < -0.4 is 5.32 Å². The summed E-state index contributed by atoms with van der Waals surface area (Å²) in [6.45, 7) is 5.54. The number of benzene rings is 2. The molecule has 5 rings (SSSR count). The summed E-state index contributed by atoms with van der Waals surface area (Å²) in [4.78, 5) is 27.4. The molecule has 0 saturated carbocycles. The number of amides is 2. The molecular formula is C27H28N2O5. The molecule has 176 valence electrons. The Hall–Kier alpha value is -3.42. The van der Waals surface area contributed by atoms with Gasteiger partial charge in [0.25, 0.3) is 11.8 Å². The molecule has 2 aromatic carbocycles. The third-order valence-corrected chi connectivity index (χ3v) is 6.67.